The Hall–Kier alpha value is -7.62. The van der Waals surface area contributed by atoms with Gasteiger partial charge in [0, 0.05) is 37.8 Å². The van der Waals surface area contributed by atoms with Crippen LogP contribution < -0.4 is 0 Å². The maximum absolute atomic E-state index is 4.16. The average Bonchev–Trinajstić information content (AvgIpc) is 4.11. The monoisotopic (exact) mass is 1070 g/mol. The van der Waals surface area contributed by atoms with Gasteiger partial charge in [-0.3, -0.25) is 14.0 Å². The van der Waals surface area contributed by atoms with Crippen LogP contribution in [-0.2, 0) is 21.1 Å². The highest BCUT2D eigenvalue weighted by molar-refractivity contribution is 5.64. The molecule has 0 amide bonds. The molecule has 0 saturated carbocycles. The minimum absolute atomic E-state index is 0.953. The third-order valence-electron chi connectivity index (χ3n) is 10.6. The third-order valence-corrected chi connectivity index (χ3v) is 10.6. The predicted molar refractivity (Wildman–Crippen MR) is 351 cm³/mol. The molecule has 0 atom stereocenters. The number of rotatable bonds is 7. The first-order valence-electron chi connectivity index (χ1n) is 28.2. The van der Waals surface area contributed by atoms with E-state index < -0.39 is 0 Å². The lowest BCUT2D eigenvalue weighted by Gasteiger charge is -1.99. The van der Waals surface area contributed by atoms with Crippen LogP contribution in [0.25, 0.3) is 40.7 Å². The molecular formula is C70H105N9. The normalized spacial score (nSPS) is 9.18. The lowest BCUT2D eigenvalue weighted by molar-refractivity contribution is 0.696. The Labute approximate surface area is 483 Å². The van der Waals surface area contributed by atoms with Crippen molar-refractivity contribution < 1.29 is 0 Å². The molecule has 0 unspecified atom stereocenters. The topological polar surface area (TPSA) is 92.1 Å². The third kappa shape index (κ3) is 35.4. The Morgan fingerprint density at radius 1 is 0.443 bits per heavy atom. The molecule has 0 fully saturated rings. The Bertz CT molecular complexity index is 2760. The van der Waals surface area contributed by atoms with Gasteiger partial charge >= 0.3 is 0 Å². The molecule has 9 nitrogen and oxygen atoms in total. The Balaban J connectivity index is -0.000000417. The van der Waals surface area contributed by atoms with Crippen LogP contribution in [0.1, 0.15) is 186 Å². The second kappa shape index (κ2) is 51.2. The van der Waals surface area contributed by atoms with E-state index in [1.807, 2.05) is 162 Å². The second-order valence-electron chi connectivity index (χ2n) is 16.7. The van der Waals surface area contributed by atoms with E-state index in [2.05, 4.69) is 206 Å². The van der Waals surface area contributed by atoms with Gasteiger partial charge < -0.3 is 0 Å². The lowest BCUT2D eigenvalue weighted by atomic mass is 10.1. The van der Waals surface area contributed by atoms with Gasteiger partial charge in [0.1, 0.15) is 11.4 Å². The van der Waals surface area contributed by atoms with Crippen molar-refractivity contribution in [2.24, 2.45) is 21.1 Å². The van der Waals surface area contributed by atoms with Gasteiger partial charge in [-0.15, -0.1) is 33.1 Å². The minimum atomic E-state index is 0.953. The van der Waals surface area contributed by atoms with Gasteiger partial charge in [-0.25, -0.2) is 0 Å². The van der Waals surface area contributed by atoms with Gasteiger partial charge in [-0.1, -0.05) is 242 Å². The summed E-state index contributed by atoms with van der Waals surface area (Å²) >= 11 is 0. The Morgan fingerprint density at radius 3 is 0.962 bits per heavy atom. The standard InChI is InChI=1S/C13H15N3.C12H12.C11H13N3.C10H12.C6H12.C5H9N3.C4H6.C3H8.3C2H6/c1-4-5-11-6-8-12(9-7-11)13-10(2)16(3)15-14-13;1-3-5-11-7-9-12(6-4-2)10-8-11;1-8-4-6-10(7-5-8)11-9(2)14(3)13-12-11;1-3-4-10-7-5-9(2)6-8-10;1-4-6(3)5-2;1-4-5(2)8(3)7-6-4;1-3-4-2;1-3-2;3*1-2/h4-9H,1-3H3;3,5,7-10H,1-2H3;4-7H,1-3H3;3-8H,1-2H3;3-5H2,1-2H3;1-3H3;1-2H3;3H2,1-2H3;3*1-2H3/b5-4+;5-3+;;4-3+;;;;;;;. The molecule has 3 heterocycles. The van der Waals surface area contributed by atoms with Crippen LogP contribution >= 0.6 is 0 Å². The van der Waals surface area contributed by atoms with Crippen molar-refractivity contribution in [1.82, 2.24) is 45.0 Å². The summed E-state index contributed by atoms with van der Waals surface area (Å²) in [6.07, 6.45) is 15.9. The van der Waals surface area contributed by atoms with Gasteiger partial charge in [0.25, 0.3) is 0 Å². The fourth-order valence-corrected chi connectivity index (χ4v) is 5.64. The van der Waals surface area contributed by atoms with E-state index in [1.54, 1.807) is 14.0 Å². The van der Waals surface area contributed by atoms with Gasteiger partial charge in [-0.2, -0.15) is 0 Å². The highest BCUT2D eigenvalue weighted by Crippen LogP contribution is 2.21. The van der Waals surface area contributed by atoms with Crippen LogP contribution in [0.4, 0.5) is 0 Å². The van der Waals surface area contributed by atoms with E-state index in [1.165, 1.54) is 39.8 Å². The average molecular weight is 1070 g/mol. The highest BCUT2D eigenvalue weighted by Gasteiger charge is 2.08. The molecule has 0 aliphatic carbocycles. The number of aryl methyl sites for hydroxylation is 6. The molecule has 0 aliphatic heterocycles. The molecule has 0 bridgehead atoms. The summed E-state index contributed by atoms with van der Waals surface area (Å²) in [5, 5.41) is 23.9. The number of aromatic nitrogens is 9. The molecule has 7 rings (SSSR count). The predicted octanol–water partition coefficient (Wildman–Crippen LogP) is 19.4. The summed E-state index contributed by atoms with van der Waals surface area (Å²) in [4.78, 5) is 0. The van der Waals surface area contributed by atoms with Crippen LogP contribution in [0.3, 0.4) is 0 Å². The fourth-order valence-electron chi connectivity index (χ4n) is 5.64. The first kappa shape index (κ1) is 77.9. The number of benzene rings is 4. The summed E-state index contributed by atoms with van der Waals surface area (Å²) in [6, 6.07) is 33.3. The summed E-state index contributed by atoms with van der Waals surface area (Å²) in [5.41, 5.74) is 17.1. The van der Waals surface area contributed by atoms with Crippen molar-refractivity contribution in [2.75, 3.05) is 0 Å². The van der Waals surface area contributed by atoms with Gasteiger partial charge in [0.05, 0.1) is 22.8 Å². The van der Waals surface area contributed by atoms with Gasteiger partial charge in [-0.05, 0) is 125 Å². The van der Waals surface area contributed by atoms with Crippen LogP contribution in [-0.4, -0.2) is 45.0 Å². The van der Waals surface area contributed by atoms with Crippen molar-refractivity contribution in [1.29, 1.82) is 0 Å². The summed E-state index contributed by atoms with van der Waals surface area (Å²) < 4.78 is 5.33. The molecule has 0 radical (unpaired) electrons. The maximum Gasteiger partial charge on any atom is 0.115 e. The van der Waals surface area contributed by atoms with E-state index in [4.69, 9.17) is 0 Å². The van der Waals surface area contributed by atoms with Crippen molar-refractivity contribution >= 4 is 18.2 Å². The second-order valence-corrected chi connectivity index (χ2v) is 16.7. The number of hydrogen-bond acceptors (Lipinski definition) is 6. The number of nitrogens with zero attached hydrogens (tertiary/aromatic N) is 9. The van der Waals surface area contributed by atoms with E-state index in [0.29, 0.717) is 0 Å². The number of allylic oxidation sites excluding steroid dienone is 4. The summed E-state index contributed by atoms with van der Waals surface area (Å²) in [5.74, 6) is 11.2. The summed E-state index contributed by atoms with van der Waals surface area (Å²) in [6.45, 7) is 48.0. The van der Waals surface area contributed by atoms with E-state index >= 15 is 0 Å². The Morgan fingerprint density at radius 2 is 0.734 bits per heavy atom. The fraction of sp³-hybridized carbons (Fsp3) is 0.400. The zero-order chi connectivity index (χ0) is 61.1. The summed E-state index contributed by atoms with van der Waals surface area (Å²) in [7, 11) is 5.69. The molecule has 79 heavy (non-hydrogen) atoms. The molecular weight excluding hydrogens is 967 g/mol. The molecule has 0 N–H and O–H groups in total. The van der Waals surface area contributed by atoms with Crippen molar-refractivity contribution in [3.63, 3.8) is 0 Å². The molecule has 9 heteroatoms. The molecule has 3 aromatic heterocycles. The Kier molecular flexibility index (Phi) is 50.4. The van der Waals surface area contributed by atoms with Crippen LogP contribution in [0, 0.1) is 65.2 Å². The molecule has 0 saturated heterocycles. The van der Waals surface area contributed by atoms with Crippen molar-refractivity contribution in [3.8, 4) is 46.2 Å². The number of hydrogen-bond donors (Lipinski definition) is 0. The van der Waals surface area contributed by atoms with Crippen molar-refractivity contribution in [3.05, 3.63) is 184 Å². The van der Waals surface area contributed by atoms with E-state index in [-0.39, 0.29) is 0 Å². The van der Waals surface area contributed by atoms with Crippen LogP contribution in [0.15, 0.2) is 127 Å². The first-order valence-corrected chi connectivity index (χ1v) is 28.2. The van der Waals surface area contributed by atoms with Crippen LogP contribution in [0.5, 0.6) is 0 Å². The molecule has 4 aromatic carbocycles. The SMILES string of the molecule is C/C=C/c1ccc(-c2nnn(C)c2C)cc1.C/C=C/c1ccc(C)cc1.C=C(CC)CC.CC.CC.CC.CC#CC.CC#Cc1ccc(/C=C/C)cc1.CCC.Cc1ccc(-c2nnn(C)c2C)cc1.Cc1nnn(C)c1C. The van der Waals surface area contributed by atoms with Crippen molar-refractivity contribution in [2.45, 2.75) is 172 Å². The van der Waals surface area contributed by atoms with E-state index in [0.717, 1.165) is 63.7 Å². The van der Waals surface area contributed by atoms with Crippen LogP contribution in [0.2, 0.25) is 0 Å². The molecule has 430 valence electrons. The maximum atomic E-state index is 4.16. The first-order chi connectivity index (χ1) is 37.9. The molecule has 7 aromatic rings. The zero-order valence-corrected chi connectivity index (χ0v) is 54.1. The zero-order valence-electron chi connectivity index (χ0n) is 54.1. The minimum Gasteiger partial charge on any atom is -0.252 e. The quantitative estimate of drug-likeness (QED) is 0.117. The largest absolute Gasteiger partial charge is 0.252 e. The highest BCUT2D eigenvalue weighted by atomic mass is 15.4. The molecule has 0 aliphatic rings. The molecule has 0 spiro atoms. The lowest BCUT2D eigenvalue weighted by Crippen LogP contribution is -1.92. The van der Waals surface area contributed by atoms with Gasteiger partial charge in [0.15, 0.2) is 0 Å². The van der Waals surface area contributed by atoms with Gasteiger partial charge in [0.2, 0.25) is 0 Å². The smallest absolute Gasteiger partial charge is 0.115 e. The van der Waals surface area contributed by atoms with E-state index in [9.17, 15) is 0 Å².